The van der Waals surface area contributed by atoms with Gasteiger partial charge in [-0.05, 0) is 49.7 Å². The molecule has 0 heterocycles. The molecule has 1 N–H and O–H groups in total. The second-order valence-corrected chi connectivity index (χ2v) is 5.54. The number of amides is 1. The van der Waals surface area contributed by atoms with Crippen LogP contribution in [-0.4, -0.2) is 25.3 Å². The summed E-state index contributed by atoms with van der Waals surface area (Å²) in [5, 5.41) is 4.74. The number of methoxy groups -OCH3 is 1. The minimum Gasteiger partial charge on any atom is -0.496 e. The summed E-state index contributed by atoms with van der Waals surface area (Å²) < 4.78 is 10.7. The van der Waals surface area contributed by atoms with Crippen LogP contribution in [0.3, 0.4) is 0 Å². The van der Waals surface area contributed by atoms with Crippen molar-refractivity contribution in [1.82, 2.24) is 5.43 Å². The molecule has 5 nitrogen and oxygen atoms in total. The Bertz CT molecular complexity index is 760. The van der Waals surface area contributed by atoms with E-state index in [0.717, 1.165) is 11.1 Å². The van der Waals surface area contributed by atoms with Crippen molar-refractivity contribution < 1.29 is 14.3 Å². The molecule has 2 aromatic rings. The van der Waals surface area contributed by atoms with Crippen molar-refractivity contribution in [2.24, 2.45) is 5.10 Å². The fourth-order valence-electron chi connectivity index (χ4n) is 2.04. The highest BCUT2D eigenvalue weighted by molar-refractivity contribution is 6.31. The summed E-state index contributed by atoms with van der Waals surface area (Å²) in [5.74, 6) is 0.926. The minimum atomic E-state index is -0.350. The predicted octanol–water partition coefficient (Wildman–Crippen LogP) is 3.58. The molecule has 0 aliphatic carbocycles. The first-order chi connectivity index (χ1) is 11.5. The summed E-state index contributed by atoms with van der Waals surface area (Å²) in [6, 6.07) is 12.7. The van der Waals surface area contributed by atoms with Crippen LogP contribution >= 0.6 is 11.6 Å². The molecule has 6 heteroatoms. The van der Waals surface area contributed by atoms with Crippen molar-refractivity contribution in [3.8, 4) is 11.5 Å². The highest BCUT2D eigenvalue weighted by Gasteiger charge is 2.07. The van der Waals surface area contributed by atoms with E-state index < -0.39 is 0 Å². The number of aryl methyl sites for hydroxylation is 1. The average molecular weight is 347 g/mol. The van der Waals surface area contributed by atoms with E-state index in [2.05, 4.69) is 10.5 Å². The van der Waals surface area contributed by atoms with E-state index in [9.17, 15) is 4.79 Å². The maximum atomic E-state index is 11.9. The van der Waals surface area contributed by atoms with Crippen LogP contribution in [0, 0.1) is 6.92 Å². The molecule has 1 amide bonds. The molecular weight excluding hydrogens is 328 g/mol. The van der Waals surface area contributed by atoms with Gasteiger partial charge in [0.1, 0.15) is 11.5 Å². The molecular formula is C18H19ClN2O3. The largest absolute Gasteiger partial charge is 0.496 e. The number of benzene rings is 2. The number of hydrogen-bond acceptors (Lipinski definition) is 4. The summed E-state index contributed by atoms with van der Waals surface area (Å²) in [7, 11) is 1.59. The van der Waals surface area contributed by atoms with Gasteiger partial charge in [0.2, 0.25) is 0 Å². The lowest BCUT2D eigenvalue weighted by molar-refractivity contribution is -0.123. The van der Waals surface area contributed by atoms with Crippen molar-refractivity contribution >= 4 is 23.2 Å². The van der Waals surface area contributed by atoms with Gasteiger partial charge in [-0.3, -0.25) is 4.79 Å². The smallest absolute Gasteiger partial charge is 0.277 e. The number of carbonyl (C=O) groups excluding carboxylic acids is 1. The number of hydrogen-bond donors (Lipinski definition) is 1. The van der Waals surface area contributed by atoms with E-state index in [4.69, 9.17) is 21.1 Å². The second kappa shape index (κ2) is 8.36. The molecule has 0 saturated carbocycles. The average Bonchev–Trinajstić information content (AvgIpc) is 2.60. The minimum absolute atomic E-state index is 0.135. The van der Waals surface area contributed by atoms with Crippen LogP contribution in [0.25, 0.3) is 0 Å². The predicted molar refractivity (Wildman–Crippen MR) is 95.0 cm³/mol. The van der Waals surface area contributed by atoms with E-state index in [1.165, 1.54) is 0 Å². The molecule has 126 valence electrons. The Kier molecular flexibility index (Phi) is 6.21. The topological polar surface area (TPSA) is 59.9 Å². The Morgan fingerprint density at radius 2 is 2.00 bits per heavy atom. The zero-order valence-electron chi connectivity index (χ0n) is 13.8. The lowest BCUT2D eigenvalue weighted by atomic mass is 10.1. The van der Waals surface area contributed by atoms with Crippen LogP contribution in [-0.2, 0) is 4.79 Å². The number of hydrazone groups is 1. The number of halogens is 1. The van der Waals surface area contributed by atoms with Gasteiger partial charge in [0, 0.05) is 10.6 Å². The molecule has 0 radical (unpaired) electrons. The Labute approximate surface area is 146 Å². The van der Waals surface area contributed by atoms with Gasteiger partial charge >= 0.3 is 0 Å². The third-order valence-electron chi connectivity index (χ3n) is 3.34. The first-order valence-electron chi connectivity index (χ1n) is 7.36. The number of para-hydroxylation sites is 1. The Balaban J connectivity index is 1.93. The van der Waals surface area contributed by atoms with Crippen molar-refractivity contribution in [3.05, 3.63) is 58.6 Å². The number of rotatable bonds is 6. The van der Waals surface area contributed by atoms with Gasteiger partial charge in [-0.25, -0.2) is 5.43 Å². The van der Waals surface area contributed by atoms with Crippen LogP contribution < -0.4 is 14.9 Å². The van der Waals surface area contributed by atoms with Gasteiger partial charge in [-0.15, -0.1) is 0 Å². The molecule has 0 atom stereocenters. The summed E-state index contributed by atoms with van der Waals surface area (Å²) in [6.07, 6.45) is 0. The maximum Gasteiger partial charge on any atom is 0.277 e. The molecule has 2 aromatic carbocycles. The molecule has 0 aromatic heterocycles. The third kappa shape index (κ3) is 4.73. The molecule has 24 heavy (non-hydrogen) atoms. The zero-order chi connectivity index (χ0) is 17.5. The van der Waals surface area contributed by atoms with Crippen LogP contribution in [0.5, 0.6) is 11.5 Å². The highest BCUT2D eigenvalue weighted by atomic mass is 35.5. The van der Waals surface area contributed by atoms with E-state index in [1.807, 2.05) is 31.2 Å². The quantitative estimate of drug-likeness (QED) is 0.642. The van der Waals surface area contributed by atoms with Crippen molar-refractivity contribution in [2.75, 3.05) is 13.7 Å². The number of nitrogens with zero attached hydrogens (tertiary/aromatic N) is 1. The van der Waals surface area contributed by atoms with Gasteiger partial charge < -0.3 is 9.47 Å². The van der Waals surface area contributed by atoms with E-state index >= 15 is 0 Å². The second-order valence-electron chi connectivity index (χ2n) is 5.13. The standard InChI is InChI=1S/C18H19ClN2O3/c1-12-10-14(8-9-16(12)19)24-11-18(22)21-20-13(2)15-6-4-5-7-17(15)23-3/h4-10H,11H2,1-3H3,(H,21,22)/b20-13-. The summed E-state index contributed by atoms with van der Waals surface area (Å²) >= 11 is 5.95. The lowest BCUT2D eigenvalue weighted by Crippen LogP contribution is -2.25. The number of nitrogens with one attached hydrogen (secondary N) is 1. The van der Waals surface area contributed by atoms with Gasteiger partial charge in [0.15, 0.2) is 6.61 Å². The van der Waals surface area contributed by atoms with Crippen molar-refractivity contribution in [3.63, 3.8) is 0 Å². The molecule has 0 spiro atoms. The summed E-state index contributed by atoms with van der Waals surface area (Å²) in [5.41, 5.74) is 4.82. The zero-order valence-corrected chi connectivity index (χ0v) is 14.6. The fraction of sp³-hybridized carbons (Fsp3) is 0.222. The monoisotopic (exact) mass is 346 g/mol. The van der Waals surface area contributed by atoms with E-state index in [1.54, 1.807) is 32.2 Å². The van der Waals surface area contributed by atoms with Gasteiger partial charge in [0.25, 0.3) is 5.91 Å². The first kappa shape index (κ1) is 17.8. The van der Waals surface area contributed by atoms with Crippen LogP contribution in [0.4, 0.5) is 0 Å². The summed E-state index contributed by atoms with van der Waals surface area (Å²) in [6.45, 7) is 3.53. The van der Waals surface area contributed by atoms with Crippen molar-refractivity contribution in [2.45, 2.75) is 13.8 Å². The highest BCUT2D eigenvalue weighted by Crippen LogP contribution is 2.21. The normalized spacial score (nSPS) is 11.1. The van der Waals surface area contributed by atoms with Crippen LogP contribution in [0.2, 0.25) is 5.02 Å². The van der Waals surface area contributed by atoms with Gasteiger partial charge in [-0.1, -0.05) is 23.7 Å². The van der Waals surface area contributed by atoms with E-state index in [0.29, 0.717) is 22.2 Å². The number of ether oxygens (including phenoxy) is 2. The van der Waals surface area contributed by atoms with Crippen molar-refractivity contribution in [1.29, 1.82) is 0 Å². The third-order valence-corrected chi connectivity index (χ3v) is 3.77. The molecule has 0 unspecified atom stereocenters. The maximum absolute atomic E-state index is 11.9. The first-order valence-corrected chi connectivity index (χ1v) is 7.74. The molecule has 0 bridgehead atoms. The molecule has 0 saturated heterocycles. The SMILES string of the molecule is COc1ccccc1/C(C)=N\NC(=O)COc1ccc(Cl)c(C)c1. The molecule has 0 fully saturated rings. The Morgan fingerprint density at radius 1 is 1.25 bits per heavy atom. The van der Waals surface area contributed by atoms with Crippen LogP contribution in [0.15, 0.2) is 47.6 Å². The molecule has 0 aliphatic heterocycles. The molecule has 0 aliphatic rings. The van der Waals surface area contributed by atoms with Gasteiger partial charge in [0.05, 0.1) is 12.8 Å². The van der Waals surface area contributed by atoms with E-state index in [-0.39, 0.29) is 12.5 Å². The fourth-order valence-corrected chi connectivity index (χ4v) is 2.16. The Morgan fingerprint density at radius 3 is 2.71 bits per heavy atom. The van der Waals surface area contributed by atoms with Crippen LogP contribution in [0.1, 0.15) is 18.1 Å². The Hall–Kier alpha value is -2.53. The molecule has 2 rings (SSSR count). The van der Waals surface area contributed by atoms with Gasteiger partial charge in [-0.2, -0.15) is 5.10 Å². The number of carbonyl (C=O) groups is 1. The lowest BCUT2D eigenvalue weighted by Gasteiger charge is -2.09. The summed E-state index contributed by atoms with van der Waals surface area (Å²) in [4.78, 5) is 11.9.